The molecule has 0 aliphatic carbocycles. The highest BCUT2D eigenvalue weighted by molar-refractivity contribution is 5.90. The molecule has 2 N–H and O–H groups in total. The van der Waals surface area contributed by atoms with E-state index in [9.17, 15) is 9.59 Å². The van der Waals surface area contributed by atoms with Crippen molar-refractivity contribution >= 4 is 17.5 Å². The summed E-state index contributed by atoms with van der Waals surface area (Å²) in [6, 6.07) is 7.71. The average Bonchev–Trinajstić information content (AvgIpc) is 3.15. The molecule has 7 nitrogen and oxygen atoms in total. The van der Waals surface area contributed by atoms with Crippen molar-refractivity contribution in [1.29, 1.82) is 0 Å². The minimum atomic E-state index is -0.262. The van der Waals surface area contributed by atoms with Crippen LogP contribution >= 0.6 is 0 Å². The maximum atomic E-state index is 12.6. The molecule has 0 spiro atoms. The highest BCUT2D eigenvalue weighted by atomic mass is 16.4. The Hall–Kier alpha value is -2.67. The molecule has 5 rings (SSSR count). The van der Waals surface area contributed by atoms with Gasteiger partial charge in [-0.1, -0.05) is 0 Å². The Bertz CT molecular complexity index is 835. The zero-order valence-electron chi connectivity index (χ0n) is 15.6. The first-order valence-corrected chi connectivity index (χ1v) is 9.40. The molecule has 3 aliphatic heterocycles. The van der Waals surface area contributed by atoms with Gasteiger partial charge in [-0.3, -0.25) is 14.5 Å². The van der Waals surface area contributed by atoms with Crippen molar-refractivity contribution in [1.82, 2.24) is 15.2 Å². The topological polar surface area (TPSA) is 87.5 Å². The Morgan fingerprint density at radius 2 is 1.89 bits per heavy atom. The third kappa shape index (κ3) is 3.60. The van der Waals surface area contributed by atoms with Crippen LogP contribution in [-0.4, -0.2) is 46.9 Å². The number of amides is 2. The zero-order chi connectivity index (χ0) is 19.0. The van der Waals surface area contributed by atoms with Crippen molar-refractivity contribution in [2.75, 3.05) is 18.4 Å². The van der Waals surface area contributed by atoms with E-state index in [1.165, 1.54) is 6.92 Å². The number of piperidine rings is 3. The summed E-state index contributed by atoms with van der Waals surface area (Å²) in [6.45, 7) is 5.88. The van der Waals surface area contributed by atoms with Crippen molar-refractivity contribution in [2.24, 2.45) is 5.92 Å². The molecule has 1 aromatic heterocycles. The number of anilines is 1. The van der Waals surface area contributed by atoms with Crippen LogP contribution in [-0.2, 0) is 4.79 Å². The lowest BCUT2D eigenvalue weighted by molar-refractivity contribution is -0.114. The summed E-state index contributed by atoms with van der Waals surface area (Å²) >= 11 is 0. The molecule has 142 valence electrons. The van der Waals surface area contributed by atoms with Gasteiger partial charge in [0.1, 0.15) is 0 Å². The monoisotopic (exact) mass is 368 g/mol. The molecule has 3 aliphatic rings. The largest absolute Gasteiger partial charge is 0.432 e. The number of hydrogen-bond acceptors (Lipinski definition) is 5. The number of benzene rings is 1. The Morgan fingerprint density at radius 1 is 1.19 bits per heavy atom. The third-order valence-corrected chi connectivity index (χ3v) is 5.67. The number of hydrogen-bond donors (Lipinski definition) is 2. The van der Waals surface area contributed by atoms with Crippen LogP contribution in [0.1, 0.15) is 37.4 Å². The van der Waals surface area contributed by atoms with Gasteiger partial charge in [0.2, 0.25) is 5.91 Å². The standard InChI is InChI=1S/C20H24N4O3/c1-12-18(15-7-9-24(12)10-8-15)23-19(26)20-21-11-17(27-20)14-3-5-16(6-4-14)22-13(2)25/h3-6,11-12,15,18H,7-10H2,1-2H3,(H,22,25)(H,23,26)/t12-,18-/m0/s1. The van der Waals surface area contributed by atoms with Crippen molar-refractivity contribution in [3.63, 3.8) is 0 Å². The van der Waals surface area contributed by atoms with E-state index in [1.807, 2.05) is 12.1 Å². The van der Waals surface area contributed by atoms with Gasteiger partial charge in [-0.25, -0.2) is 4.98 Å². The predicted molar refractivity (Wildman–Crippen MR) is 101 cm³/mol. The molecule has 1 aromatic carbocycles. The fourth-order valence-electron chi connectivity index (χ4n) is 4.19. The van der Waals surface area contributed by atoms with E-state index in [1.54, 1.807) is 18.3 Å². The Labute approximate surface area is 158 Å². The summed E-state index contributed by atoms with van der Waals surface area (Å²) in [5, 5.41) is 5.84. The maximum absolute atomic E-state index is 12.6. The lowest BCUT2D eigenvalue weighted by atomic mass is 9.79. The van der Waals surface area contributed by atoms with Crippen LogP contribution in [0, 0.1) is 5.92 Å². The van der Waals surface area contributed by atoms with Crippen molar-refractivity contribution in [2.45, 2.75) is 38.8 Å². The second-order valence-corrected chi connectivity index (χ2v) is 7.40. The molecule has 7 heteroatoms. The van der Waals surface area contributed by atoms with E-state index >= 15 is 0 Å². The average molecular weight is 368 g/mol. The molecule has 2 atom stereocenters. The summed E-state index contributed by atoms with van der Waals surface area (Å²) < 4.78 is 5.69. The zero-order valence-corrected chi connectivity index (χ0v) is 15.6. The third-order valence-electron chi connectivity index (χ3n) is 5.67. The van der Waals surface area contributed by atoms with Gasteiger partial charge >= 0.3 is 5.91 Å². The van der Waals surface area contributed by atoms with E-state index in [0.29, 0.717) is 23.4 Å². The fraction of sp³-hybridized carbons (Fsp3) is 0.450. The Morgan fingerprint density at radius 3 is 2.52 bits per heavy atom. The van der Waals surface area contributed by atoms with Crippen LogP contribution in [0.4, 0.5) is 5.69 Å². The number of carbonyl (C=O) groups is 2. The smallest absolute Gasteiger partial charge is 0.307 e. The molecule has 4 heterocycles. The van der Waals surface area contributed by atoms with Crippen molar-refractivity contribution in [3.05, 3.63) is 36.4 Å². The Balaban J connectivity index is 1.44. The van der Waals surface area contributed by atoms with Crippen molar-refractivity contribution < 1.29 is 14.0 Å². The number of carbonyl (C=O) groups excluding carboxylic acids is 2. The summed E-state index contributed by atoms with van der Waals surface area (Å²) in [6.07, 6.45) is 3.82. The van der Waals surface area contributed by atoms with Gasteiger partial charge in [0, 0.05) is 30.3 Å². The quantitative estimate of drug-likeness (QED) is 0.866. The molecule has 27 heavy (non-hydrogen) atoms. The van der Waals surface area contributed by atoms with Gasteiger partial charge in [0.05, 0.1) is 6.20 Å². The Kier molecular flexibility index (Phi) is 4.70. The van der Waals surface area contributed by atoms with E-state index in [4.69, 9.17) is 4.42 Å². The summed E-state index contributed by atoms with van der Waals surface area (Å²) in [5.74, 6) is 0.755. The minimum absolute atomic E-state index is 0.0829. The highest BCUT2D eigenvalue weighted by Gasteiger charge is 2.40. The summed E-state index contributed by atoms with van der Waals surface area (Å²) in [4.78, 5) is 30.3. The predicted octanol–water partition coefficient (Wildman–Crippen LogP) is 2.51. The molecule has 3 saturated heterocycles. The molecule has 2 bridgehead atoms. The SMILES string of the molecule is CC(=O)Nc1ccc(-c2cnc(C(=O)N[C@@H]3C4CCN(CC4)[C@H]3C)o2)cc1. The van der Waals surface area contributed by atoms with Gasteiger partial charge in [-0.2, -0.15) is 0 Å². The van der Waals surface area contributed by atoms with E-state index in [0.717, 1.165) is 31.5 Å². The van der Waals surface area contributed by atoms with Gasteiger partial charge in [0.25, 0.3) is 5.89 Å². The fourth-order valence-corrected chi connectivity index (χ4v) is 4.19. The van der Waals surface area contributed by atoms with Crippen LogP contribution in [0.25, 0.3) is 11.3 Å². The second kappa shape index (κ2) is 7.15. The summed E-state index contributed by atoms with van der Waals surface area (Å²) in [5.41, 5.74) is 1.51. The van der Waals surface area contributed by atoms with Crippen LogP contribution in [0.15, 0.2) is 34.9 Å². The highest BCUT2D eigenvalue weighted by Crippen LogP contribution is 2.32. The van der Waals surface area contributed by atoms with Gasteiger partial charge in [0.15, 0.2) is 5.76 Å². The molecule has 0 saturated carbocycles. The molecular formula is C20H24N4O3. The number of nitrogens with one attached hydrogen (secondary N) is 2. The maximum Gasteiger partial charge on any atom is 0.307 e. The lowest BCUT2D eigenvalue weighted by Gasteiger charge is -2.49. The molecule has 3 fully saturated rings. The molecule has 2 amide bonds. The first kappa shape index (κ1) is 17.7. The molecule has 0 unspecified atom stereocenters. The van der Waals surface area contributed by atoms with E-state index < -0.39 is 0 Å². The van der Waals surface area contributed by atoms with Gasteiger partial charge < -0.3 is 15.1 Å². The van der Waals surface area contributed by atoms with Gasteiger partial charge in [-0.15, -0.1) is 0 Å². The number of fused-ring (bicyclic) bond motifs is 3. The van der Waals surface area contributed by atoms with E-state index in [-0.39, 0.29) is 23.7 Å². The van der Waals surface area contributed by atoms with E-state index in [2.05, 4.69) is 27.4 Å². The lowest BCUT2D eigenvalue weighted by Crippen LogP contribution is -2.62. The number of rotatable bonds is 4. The normalized spacial score (nSPS) is 26.6. The first-order chi connectivity index (χ1) is 13.0. The minimum Gasteiger partial charge on any atom is -0.432 e. The summed E-state index contributed by atoms with van der Waals surface area (Å²) in [7, 11) is 0. The van der Waals surface area contributed by atoms with Gasteiger partial charge in [-0.05, 0) is 63.0 Å². The number of nitrogens with zero attached hydrogens (tertiary/aromatic N) is 2. The molecular weight excluding hydrogens is 344 g/mol. The van der Waals surface area contributed by atoms with Crippen molar-refractivity contribution in [3.8, 4) is 11.3 Å². The van der Waals surface area contributed by atoms with Crippen LogP contribution in [0.3, 0.4) is 0 Å². The first-order valence-electron chi connectivity index (χ1n) is 9.40. The molecule has 2 aromatic rings. The van der Waals surface area contributed by atoms with Crippen LogP contribution < -0.4 is 10.6 Å². The molecule has 0 radical (unpaired) electrons. The van der Waals surface area contributed by atoms with Crippen LogP contribution in [0.2, 0.25) is 0 Å². The number of aromatic nitrogens is 1. The second-order valence-electron chi connectivity index (χ2n) is 7.40. The number of oxazole rings is 1. The van der Waals surface area contributed by atoms with Crippen LogP contribution in [0.5, 0.6) is 0 Å².